The van der Waals surface area contributed by atoms with Gasteiger partial charge in [0.05, 0.1) is 12.8 Å². The van der Waals surface area contributed by atoms with Gasteiger partial charge < -0.3 is 9.47 Å². The number of nitrogens with one attached hydrogen (secondary N) is 1. The van der Waals surface area contributed by atoms with Gasteiger partial charge in [-0.1, -0.05) is 11.6 Å². The lowest BCUT2D eigenvalue weighted by molar-refractivity contribution is 0.103. The van der Waals surface area contributed by atoms with Crippen LogP contribution in [-0.4, -0.2) is 28.5 Å². The molecule has 2 heterocycles. The lowest BCUT2D eigenvalue weighted by Crippen LogP contribution is -2.08. The third kappa shape index (κ3) is 2.34. The van der Waals surface area contributed by atoms with Crippen molar-refractivity contribution in [2.75, 3.05) is 13.7 Å². The molecule has 1 aromatic carbocycles. The van der Waals surface area contributed by atoms with Gasteiger partial charge in [-0.3, -0.25) is 9.67 Å². The molecule has 1 aromatic heterocycles. The number of nitrogens with zero attached hydrogens (tertiary/aromatic N) is 2. The van der Waals surface area contributed by atoms with Crippen molar-refractivity contribution in [2.24, 2.45) is 0 Å². The highest BCUT2D eigenvalue weighted by Gasteiger charge is 2.25. The van der Waals surface area contributed by atoms with Gasteiger partial charge in [-0.15, -0.1) is 0 Å². The summed E-state index contributed by atoms with van der Waals surface area (Å²) < 4.78 is 13.4. The molecule has 0 aliphatic carbocycles. The molecule has 1 aliphatic rings. The molecule has 1 fully saturated rings. The Hall–Kier alpha value is -1.37. The summed E-state index contributed by atoms with van der Waals surface area (Å²) in [7, 11) is 1.61. The molecule has 1 atom stereocenters. The molecule has 0 bridgehead atoms. The maximum absolute atomic E-state index is 6.09. The number of ether oxygens (including phenoxy) is 2. The van der Waals surface area contributed by atoms with Gasteiger partial charge in [-0.2, -0.15) is 5.10 Å². The lowest BCUT2D eigenvalue weighted by atomic mass is 10.2. The smallest absolute Gasteiger partial charge is 0.200 e. The van der Waals surface area contributed by atoms with Crippen molar-refractivity contribution in [2.45, 2.75) is 18.9 Å². The third-order valence-corrected chi connectivity index (χ3v) is 3.81. The van der Waals surface area contributed by atoms with E-state index in [-0.39, 0.29) is 6.10 Å². The number of hydrogen-bond acceptors (Lipinski definition) is 4. The first kappa shape index (κ1) is 13.6. The molecule has 1 N–H and O–H groups in total. The quantitative estimate of drug-likeness (QED) is 0.882. The first-order valence-electron chi connectivity index (χ1n) is 6.33. The molecule has 3 rings (SSSR count). The van der Waals surface area contributed by atoms with Crippen molar-refractivity contribution in [3.63, 3.8) is 0 Å². The Morgan fingerprint density at radius 2 is 2.40 bits per heavy atom. The number of methoxy groups -OCH3 is 1. The van der Waals surface area contributed by atoms with E-state index < -0.39 is 0 Å². The average Bonchev–Trinajstić information content (AvgIpc) is 3.07. The van der Waals surface area contributed by atoms with Crippen LogP contribution in [-0.2, 0) is 4.74 Å². The summed E-state index contributed by atoms with van der Waals surface area (Å²) in [6.07, 6.45) is 1.91. The predicted molar refractivity (Wildman–Crippen MR) is 78.2 cm³/mol. The Bertz CT molecular complexity index is 676. The van der Waals surface area contributed by atoms with Crippen molar-refractivity contribution in [1.29, 1.82) is 0 Å². The molecule has 0 spiro atoms. The van der Waals surface area contributed by atoms with E-state index in [9.17, 15) is 0 Å². The number of benzene rings is 1. The van der Waals surface area contributed by atoms with Gasteiger partial charge in [0.25, 0.3) is 0 Å². The van der Waals surface area contributed by atoms with Crippen LogP contribution in [0.2, 0.25) is 5.02 Å². The number of H-pyrrole nitrogens is 1. The Labute approximate surface area is 126 Å². The zero-order valence-electron chi connectivity index (χ0n) is 10.9. The average molecular weight is 312 g/mol. The highest BCUT2D eigenvalue weighted by atomic mass is 35.5. The van der Waals surface area contributed by atoms with Crippen LogP contribution in [0.15, 0.2) is 18.2 Å². The van der Waals surface area contributed by atoms with E-state index in [1.807, 2.05) is 16.7 Å². The highest BCUT2D eigenvalue weighted by Crippen LogP contribution is 2.32. The number of rotatable bonds is 3. The maximum Gasteiger partial charge on any atom is 0.200 e. The fourth-order valence-corrected chi connectivity index (χ4v) is 2.78. The summed E-state index contributed by atoms with van der Waals surface area (Å²) >= 11 is 11.4. The fourth-order valence-electron chi connectivity index (χ4n) is 2.38. The van der Waals surface area contributed by atoms with Gasteiger partial charge in [0, 0.05) is 11.6 Å². The zero-order valence-corrected chi connectivity index (χ0v) is 12.5. The van der Waals surface area contributed by atoms with Gasteiger partial charge in [0.1, 0.15) is 11.9 Å². The SMILES string of the molecule is COc1ccc(Cl)cc1-n1c([C@H]2CCCO2)n[nH]c1=S. The lowest BCUT2D eigenvalue weighted by Gasteiger charge is -2.14. The third-order valence-electron chi connectivity index (χ3n) is 3.30. The van der Waals surface area contributed by atoms with E-state index in [0.717, 1.165) is 31.0 Å². The molecule has 0 radical (unpaired) electrons. The van der Waals surface area contributed by atoms with Crippen LogP contribution in [0.1, 0.15) is 24.8 Å². The molecule has 106 valence electrons. The van der Waals surface area contributed by atoms with Crippen LogP contribution in [0.25, 0.3) is 5.69 Å². The largest absolute Gasteiger partial charge is 0.495 e. The molecule has 0 saturated carbocycles. The van der Waals surface area contributed by atoms with E-state index >= 15 is 0 Å². The first-order chi connectivity index (χ1) is 9.70. The fraction of sp³-hybridized carbons (Fsp3) is 0.385. The molecule has 1 aliphatic heterocycles. The second kappa shape index (κ2) is 5.55. The molecule has 20 heavy (non-hydrogen) atoms. The standard InChI is InChI=1S/C13H14ClN3O2S/c1-18-10-5-4-8(14)7-9(10)17-12(15-16-13(17)20)11-3-2-6-19-11/h4-5,7,11H,2-3,6H2,1H3,(H,16,20)/t11-/m1/s1. The van der Waals surface area contributed by atoms with Crippen molar-refractivity contribution < 1.29 is 9.47 Å². The number of halogens is 1. The Balaban J connectivity index is 2.16. The molecule has 5 nitrogen and oxygen atoms in total. The summed E-state index contributed by atoms with van der Waals surface area (Å²) in [5, 5.41) is 7.74. The van der Waals surface area contributed by atoms with Crippen LogP contribution in [0.5, 0.6) is 5.75 Å². The molecule has 1 saturated heterocycles. The van der Waals surface area contributed by atoms with E-state index in [2.05, 4.69) is 10.2 Å². The van der Waals surface area contributed by atoms with Crippen LogP contribution in [0.3, 0.4) is 0 Å². The van der Waals surface area contributed by atoms with Crippen LogP contribution < -0.4 is 4.74 Å². The van der Waals surface area contributed by atoms with E-state index in [1.54, 1.807) is 13.2 Å². The topological polar surface area (TPSA) is 52.1 Å². The summed E-state index contributed by atoms with van der Waals surface area (Å²) in [5.41, 5.74) is 0.768. The van der Waals surface area contributed by atoms with Crippen molar-refractivity contribution in [1.82, 2.24) is 14.8 Å². The highest BCUT2D eigenvalue weighted by molar-refractivity contribution is 7.71. The van der Waals surface area contributed by atoms with E-state index in [4.69, 9.17) is 33.3 Å². The Kier molecular flexibility index (Phi) is 3.78. The molecule has 0 amide bonds. The normalized spacial score (nSPS) is 18.4. The summed E-state index contributed by atoms with van der Waals surface area (Å²) in [4.78, 5) is 0. The van der Waals surface area contributed by atoms with E-state index in [0.29, 0.717) is 15.5 Å². The minimum Gasteiger partial charge on any atom is -0.495 e. The number of aromatic amines is 1. The Morgan fingerprint density at radius 3 is 3.10 bits per heavy atom. The minimum atomic E-state index is -0.0494. The second-order valence-corrected chi connectivity index (χ2v) is 5.36. The van der Waals surface area contributed by atoms with Gasteiger partial charge >= 0.3 is 0 Å². The molecular formula is C13H14ClN3O2S. The summed E-state index contributed by atoms with van der Waals surface area (Å²) in [6.45, 7) is 0.747. The van der Waals surface area contributed by atoms with Crippen LogP contribution >= 0.6 is 23.8 Å². The molecule has 0 unspecified atom stereocenters. The Morgan fingerprint density at radius 1 is 1.55 bits per heavy atom. The summed E-state index contributed by atoms with van der Waals surface area (Å²) in [5.74, 6) is 1.44. The van der Waals surface area contributed by atoms with Gasteiger partial charge in [0.15, 0.2) is 10.6 Å². The number of hydrogen-bond donors (Lipinski definition) is 1. The first-order valence-corrected chi connectivity index (χ1v) is 7.12. The monoisotopic (exact) mass is 311 g/mol. The summed E-state index contributed by atoms with van der Waals surface area (Å²) in [6, 6.07) is 5.40. The predicted octanol–water partition coefficient (Wildman–Crippen LogP) is 3.44. The van der Waals surface area contributed by atoms with E-state index in [1.165, 1.54) is 0 Å². The van der Waals surface area contributed by atoms with Crippen LogP contribution in [0.4, 0.5) is 0 Å². The van der Waals surface area contributed by atoms with Crippen molar-refractivity contribution >= 4 is 23.8 Å². The van der Waals surface area contributed by atoms with Gasteiger partial charge in [0.2, 0.25) is 0 Å². The molecule has 7 heteroatoms. The van der Waals surface area contributed by atoms with Gasteiger partial charge in [-0.25, -0.2) is 0 Å². The zero-order chi connectivity index (χ0) is 14.1. The molecule has 2 aromatic rings. The number of aromatic nitrogens is 3. The van der Waals surface area contributed by atoms with Crippen molar-refractivity contribution in [3.8, 4) is 11.4 Å². The molecular weight excluding hydrogens is 298 g/mol. The minimum absolute atomic E-state index is 0.0494. The van der Waals surface area contributed by atoms with Crippen LogP contribution in [0, 0.1) is 4.77 Å². The van der Waals surface area contributed by atoms with Gasteiger partial charge in [-0.05, 0) is 43.3 Å². The van der Waals surface area contributed by atoms with Crippen molar-refractivity contribution in [3.05, 3.63) is 33.8 Å². The maximum atomic E-state index is 6.09. The second-order valence-electron chi connectivity index (χ2n) is 4.54.